The van der Waals surface area contributed by atoms with Gasteiger partial charge in [-0.1, -0.05) is 0 Å². The largest absolute Gasteiger partial charge is 0.378 e. The van der Waals surface area contributed by atoms with Crippen molar-refractivity contribution in [2.24, 2.45) is 11.7 Å². The van der Waals surface area contributed by atoms with E-state index in [1.54, 1.807) is 0 Å². The van der Waals surface area contributed by atoms with Gasteiger partial charge in [0.2, 0.25) is 0 Å². The molecule has 2 saturated heterocycles. The number of piperidine rings is 1. The molecule has 0 saturated carbocycles. The Balaban J connectivity index is 1.94. The maximum atomic E-state index is 5.64. The number of fused-ring (bicyclic) bond motifs is 2. The third-order valence-electron chi connectivity index (χ3n) is 2.68. The van der Waals surface area contributed by atoms with E-state index in [-0.39, 0.29) is 0 Å². The van der Waals surface area contributed by atoms with Gasteiger partial charge < -0.3 is 15.8 Å². The molecule has 11 heavy (non-hydrogen) atoms. The lowest BCUT2D eigenvalue weighted by atomic mass is 9.87. The molecule has 3 heteroatoms. The fourth-order valence-electron chi connectivity index (χ4n) is 2.15. The zero-order chi connectivity index (χ0) is 7.68. The third kappa shape index (κ3) is 1.55. The predicted molar refractivity (Wildman–Crippen MR) is 43.3 cm³/mol. The highest BCUT2D eigenvalue weighted by molar-refractivity contribution is 4.88. The molecule has 64 valence electrons. The fraction of sp³-hybridized carbons (Fsp3) is 1.00. The molecule has 0 aliphatic carbocycles. The average Bonchev–Trinajstić information content (AvgIpc) is 2.03. The van der Waals surface area contributed by atoms with Crippen LogP contribution >= 0.6 is 0 Å². The third-order valence-corrected chi connectivity index (χ3v) is 2.68. The van der Waals surface area contributed by atoms with Crippen molar-refractivity contribution < 1.29 is 4.74 Å². The smallest absolute Gasteiger partial charge is 0.0620 e. The van der Waals surface area contributed by atoms with Gasteiger partial charge in [-0.05, 0) is 25.3 Å². The number of ether oxygens (including phenoxy) is 1. The minimum Gasteiger partial charge on any atom is -0.378 e. The van der Waals surface area contributed by atoms with Crippen molar-refractivity contribution >= 4 is 0 Å². The molecule has 2 bridgehead atoms. The Morgan fingerprint density at radius 3 is 2.45 bits per heavy atom. The summed E-state index contributed by atoms with van der Waals surface area (Å²) in [6, 6.07) is 1.16. The van der Waals surface area contributed by atoms with Crippen LogP contribution in [0.15, 0.2) is 0 Å². The molecule has 2 atom stereocenters. The molecule has 2 rings (SSSR count). The van der Waals surface area contributed by atoms with Crippen LogP contribution in [0.25, 0.3) is 0 Å². The molecule has 2 fully saturated rings. The first-order valence-corrected chi connectivity index (χ1v) is 4.42. The fourth-order valence-corrected chi connectivity index (χ4v) is 2.15. The molecule has 0 aromatic heterocycles. The van der Waals surface area contributed by atoms with Crippen LogP contribution < -0.4 is 11.1 Å². The lowest BCUT2D eigenvalue weighted by Crippen LogP contribution is -2.54. The molecule has 0 aromatic carbocycles. The second kappa shape index (κ2) is 3.09. The second-order valence-corrected chi connectivity index (χ2v) is 3.67. The molecule has 0 spiro atoms. The van der Waals surface area contributed by atoms with E-state index in [1.807, 2.05) is 0 Å². The maximum Gasteiger partial charge on any atom is 0.0620 e. The monoisotopic (exact) mass is 156 g/mol. The summed E-state index contributed by atoms with van der Waals surface area (Å²) in [4.78, 5) is 0. The van der Waals surface area contributed by atoms with Gasteiger partial charge in [-0.3, -0.25) is 0 Å². The summed E-state index contributed by atoms with van der Waals surface area (Å²) in [5.41, 5.74) is 5.64. The predicted octanol–water partition coefficient (Wildman–Crippen LogP) is -0.288. The van der Waals surface area contributed by atoms with Crippen LogP contribution in [0.2, 0.25) is 0 Å². The van der Waals surface area contributed by atoms with Gasteiger partial charge in [0.15, 0.2) is 0 Å². The molecular weight excluding hydrogens is 140 g/mol. The van der Waals surface area contributed by atoms with Gasteiger partial charge in [0.1, 0.15) is 0 Å². The minimum absolute atomic E-state index is 0.580. The lowest BCUT2D eigenvalue weighted by Gasteiger charge is -2.39. The summed E-state index contributed by atoms with van der Waals surface area (Å²) >= 11 is 0. The van der Waals surface area contributed by atoms with E-state index in [4.69, 9.17) is 10.5 Å². The molecule has 3 N–H and O–H groups in total. The SMILES string of the molecule is NCC1CC2COCC(C1)N2. The first kappa shape index (κ1) is 7.53. The van der Waals surface area contributed by atoms with Crippen LogP contribution in [0.3, 0.4) is 0 Å². The molecule has 0 aromatic rings. The van der Waals surface area contributed by atoms with Gasteiger partial charge in [-0.15, -0.1) is 0 Å². The maximum absolute atomic E-state index is 5.64. The Hall–Kier alpha value is -0.120. The number of nitrogens with one attached hydrogen (secondary N) is 1. The molecule has 2 aliphatic rings. The van der Waals surface area contributed by atoms with Crippen LogP contribution in [-0.4, -0.2) is 31.8 Å². The van der Waals surface area contributed by atoms with E-state index < -0.39 is 0 Å². The van der Waals surface area contributed by atoms with Crippen LogP contribution in [0, 0.1) is 5.92 Å². The number of hydrogen-bond acceptors (Lipinski definition) is 3. The molecular formula is C8H16N2O. The molecule has 2 unspecified atom stereocenters. The van der Waals surface area contributed by atoms with Crippen molar-refractivity contribution in [2.45, 2.75) is 24.9 Å². The van der Waals surface area contributed by atoms with Crippen molar-refractivity contribution in [3.63, 3.8) is 0 Å². The summed E-state index contributed by atoms with van der Waals surface area (Å²) in [5.74, 6) is 0.732. The highest BCUT2D eigenvalue weighted by Gasteiger charge is 2.30. The Bertz CT molecular complexity index is 128. The minimum atomic E-state index is 0.580. The Morgan fingerprint density at radius 2 is 1.91 bits per heavy atom. The van der Waals surface area contributed by atoms with Gasteiger partial charge in [-0.25, -0.2) is 0 Å². The summed E-state index contributed by atoms with van der Waals surface area (Å²) in [6.07, 6.45) is 2.40. The van der Waals surface area contributed by atoms with Crippen molar-refractivity contribution in [3.8, 4) is 0 Å². The lowest BCUT2D eigenvalue weighted by molar-refractivity contribution is 0.00937. The van der Waals surface area contributed by atoms with Crippen molar-refractivity contribution in [1.82, 2.24) is 5.32 Å². The van der Waals surface area contributed by atoms with Crippen LogP contribution in [-0.2, 0) is 4.74 Å². The molecule has 3 nitrogen and oxygen atoms in total. The van der Waals surface area contributed by atoms with E-state index in [1.165, 1.54) is 12.8 Å². The summed E-state index contributed by atoms with van der Waals surface area (Å²) in [6.45, 7) is 2.61. The average molecular weight is 156 g/mol. The normalized spacial score (nSPS) is 43.9. The van der Waals surface area contributed by atoms with Crippen molar-refractivity contribution in [1.29, 1.82) is 0 Å². The van der Waals surface area contributed by atoms with Crippen LogP contribution in [0.4, 0.5) is 0 Å². The highest BCUT2D eigenvalue weighted by atomic mass is 16.5. The van der Waals surface area contributed by atoms with Crippen LogP contribution in [0.1, 0.15) is 12.8 Å². The van der Waals surface area contributed by atoms with E-state index >= 15 is 0 Å². The van der Waals surface area contributed by atoms with Gasteiger partial charge in [0, 0.05) is 12.1 Å². The van der Waals surface area contributed by atoms with Gasteiger partial charge in [0.25, 0.3) is 0 Å². The van der Waals surface area contributed by atoms with E-state index in [0.717, 1.165) is 25.7 Å². The first-order chi connectivity index (χ1) is 5.38. The molecule has 2 heterocycles. The number of rotatable bonds is 1. The van der Waals surface area contributed by atoms with Gasteiger partial charge >= 0.3 is 0 Å². The second-order valence-electron chi connectivity index (χ2n) is 3.67. The quantitative estimate of drug-likeness (QED) is 0.548. The summed E-state index contributed by atoms with van der Waals surface area (Å²) in [5, 5.41) is 3.54. The topological polar surface area (TPSA) is 47.3 Å². The van der Waals surface area contributed by atoms with Crippen LogP contribution in [0.5, 0.6) is 0 Å². The Labute approximate surface area is 67.3 Å². The van der Waals surface area contributed by atoms with E-state index in [9.17, 15) is 0 Å². The number of morpholine rings is 1. The van der Waals surface area contributed by atoms with Gasteiger partial charge in [-0.2, -0.15) is 0 Å². The highest BCUT2D eigenvalue weighted by Crippen LogP contribution is 2.22. The number of hydrogen-bond donors (Lipinski definition) is 2. The first-order valence-electron chi connectivity index (χ1n) is 4.42. The van der Waals surface area contributed by atoms with E-state index in [2.05, 4.69) is 5.32 Å². The number of nitrogens with two attached hydrogens (primary N) is 1. The molecule has 0 amide bonds. The Kier molecular flexibility index (Phi) is 2.11. The van der Waals surface area contributed by atoms with E-state index in [0.29, 0.717) is 12.1 Å². The van der Waals surface area contributed by atoms with Crippen molar-refractivity contribution in [2.75, 3.05) is 19.8 Å². The van der Waals surface area contributed by atoms with Crippen molar-refractivity contribution in [3.05, 3.63) is 0 Å². The summed E-state index contributed by atoms with van der Waals surface area (Å²) in [7, 11) is 0. The summed E-state index contributed by atoms with van der Waals surface area (Å²) < 4.78 is 5.43. The Morgan fingerprint density at radius 1 is 1.27 bits per heavy atom. The zero-order valence-electron chi connectivity index (χ0n) is 6.75. The molecule has 2 aliphatic heterocycles. The standard InChI is InChI=1S/C8H16N2O/c9-3-6-1-7-4-11-5-8(2-6)10-7/h6-8,10H,1-5,9H2. The van der Waals surface area contributed by atoms with Gasteiger partial charge in [0.05, 0.1) is 13.2 Å². The zero-order valence-corrected chi connectivity index (χ0v) is 6.75. The molecule has 0 radical (unpaired) electrons.